The molecule has 40 heavy (non-hydrogen) atoms. The van der Waals surface area contributed by atoms with E-state index in [0.717, 1.165) is 0 Å². The summed E-state index contributed by atoms with van der Waals surface area (Å²) in [7, 11) is 0. The number of H-pyrrole nitrogens is 1. The summed E-state index contributed by atoms with van der Waals surface area (Å²) in [5.41, 5.74) is 12.0. The van der Waals surface area contributed by atoms with Gasteiger partial charge in [0.1, 0.15) is 23.9 Å². The maximum atomic E-state index is 13.4. The number of nitrogens with zero attached hydrogens (tertiary/aromatic N) is 1. The largest absolute Gasteiger partial charge is 0.508 e. The van der Waals surface area contributed by atoms with Gasteiger partial charge >= 0.3 is 5.97 Å². The number of aliphatic carboxylic acids is 1. The van der Waals surface area contributed by atoms with Gasteiger partial charge in [0.15, 0.2) is 0 Å². The van der Waals surface area contributed by atoms with Crippen LogP contribution in [-0.2, 0) is 36.8 Å². The van der Waals surface area contributed by atoms with E-state index in [-0.39, 0.29) is 37.4 Å². The second-order valence-corrected chi connectivity index (χ2v) is 9.60. The van der Waals surface area contributed by atoms with Crippen molar-refractivity contribution in [3.63, 3.8) is 0 Å². The first kappa shape index (κ1) is 31.8. The van der Waals surface area contributed by atoms with Crippen LogP contribution in [0.15, 0.2) is 36.8 Å². The predicted molar refractivity (Wildman–Crippen MR) is 143 cm³/mol. The van der Waals surface area contributed by atoms with Gasteiger partial charge in [-0.1, -0.05) is 32.4 Å². The van der Waals surface area contributed by atoms with E-state index in [1.165, 1.54) is 36.8 Å². The van der Waals surface area contributed by atoms with Crippen molar-refractivity contribution in [2.45, 2.75) is 70.1 Å². The summed E-state index contributed by atoms with van der Waals surface area (Å²) in [5, 5.41) is 26.9. The molecule has 0 saturated carbocycles. The van der Waals surface area contributed by atoms with Crippen LogP contribution in [0.4, 0.5) is 0 Å². The van der Waals surface area contributed by atoms with E-state index >= 15 is 0 Å². The van der Waals surface area contributed by atoms with E-state index in [0.29, 0.717) is 17.7 Å². The molecule has 0 fully saturated rings. The number of rotatable bonds is 16. The third-order valence-corrected chi connectivity index (χ3v) is 6.43. The Balaban J connectivity index is 2.21. The van der Waals surface area contributed by atoms with Crippen molar-refractivity contribution < 1.29 is 34.2 Å². The topological polar surface area (TPSA) is 243 Å². The number of aromatic hydroxyl groups is 1. The molecule has 5 atom stereocenters. The average Bonchev–Trinajstić information content (AvgIpc) is 3.43. The fraction of sp³-hybridized carbons (Fsp3) is 0.462. The number of primary amides is 1. The zero-order valence-electron chi connectivity index (χ0n) is 22.4. The van der Waals surface area contributed by atoms with Crippen LogP contribution in [-0.4, -0.2) is 73.9 Å². The third kappa shape index (κ3) is 10.0. The van der Waals surface area contributed by atoms with Gasteiger partial charge < -0.3 is 42.6 Å². The lowest BCUT2D eigenvalue weighted by molar-refractivity contribution is -0.142. The number of carboxylic acid groups (broad SMARTS) is 1. The molecule has 14 heteroatoms. The fourth-order valence-electron chi connectivity index (χ4n) is 3.82. The summed E-state index contributed by atoms with van der Waals surface area (Å²) in [5.74, 6) is -4.34. The lowest BCUT2D eigenvalue weighted by Gasteiger charge is -2.28. The lowest BCUT2D eigenvalue weighted by atomic mass is 9.96. The quantitative estimate of drug-likeness (QED) is 0.127. The van der Waals surface area contributed by atoms with Crippen LogP contribution < -0.4 is 27.4 Å². The first-order valence-electron chi connectivity index (χ1n) is 12.8. The summed E-state index contributed by atoms with van der Waals surface area (Å²) in [6.07, 6.45) is 3.15. The molecule has 218 valence electrons. The molecule has 0 spiro atoms. The van der Waals surface area contributed by atoms with Crippen LogP contribution >= 0.6 is 0 Å². The number of aromatic amines is 1. The number of imidazole rings is 1. The number of phenols is 1. The maximum absolute atomic E-state index is 13.4. The summed E-state index contributed by atoms with van der Waals surface area (Å²) >= 11 is 0. The third-order valence-electron chi connectivity index (χ3n) is 6.43. The highest BCUT2D eigenvalue weighted by atomic mass is 16.4. The normalized spacial score (nSPS) is 14.7. The number of aromatic nitrogens is 2. The molecule has 0 saturated heterocycles. The van der Waals surface area contributed by atoms with Gasteiger partial charge in [0.25, 0.3) is 0 Å². The number of nitrogens with one attached hydrogen (secondary N) is 4. The smallest absolute Gasteiger partial charge is 0.326 e. The summed E-state index contributed by atoms with van der Waals surface area (Å²) in [6, 6.07) is 1.19. The van der Waals surface area contributed by atoms with Crippen molar-refractivity contribution in [2.24, 2.45) is 17.4 Å². The predicted octanol–water partition coefficient (Wildman–Crippen LogP) is -0.922. The lowest BCUT2D eigenvalue weighted by Crippen LogP contribution is -2.59. The van der Waals surface area contributed by atoms with Crippen LogP contribution in [0.25, 0.3) is 0 Å². The average molecular weight is 560 g/mol. The molecule has 0 aliphatic heterocycles. The van der Waals surface area contributed by atoms with Crippen LogP contribution in [0.1, 0.15) is 44.4 Å². The van der Waals surface area contributed by atoms with Crippen LogP contribution in [0.2, 0.25) is 0 Å². The molecule has 2 rings (SSSR count). The summed E-state index contributed by atoms with van der Waals surface area (Å²) in [6.45, 7) is 3.56. The van der Waals surface area contributed by atoms with E-state index in [1.807, 2.05) is 6.92 Å². The number of benzene rings is 1. The van der Waals surface area contributed by atoms with Gasteiger partial charge in [-0.3, -0.25) is 19.2 Å². The van der Waals surface area contributed by atoms with Gasteiger partial charge in [0.2, 0.25) is 23.6 Å². The molecule has 0 aliphatic rings. The standard InChI is InChI=1S/C26H37N7O7/c1-3-14(2)22(33-23(36)18(27)8-9-21(28)35)25(38)31-19(11-16-12-29-13-30-16)24(37)32-20(26(39)40)10-15-4-6-17(34)7-5-15/h4-7,12-14,18-20,22,34H,3,8-11,27H2,1-2H3,(H2,28,35)(H,29,30)(H,31,38)(H,32,37)(H,33,36)(H,39,40). The van der Waals surface area contributed by atoms with Crippen molar-refractivity contribution in [3.8, 4) is 5.75 Å². The highest BCUT2D eigenvalue weighted by Gasteiger charge is 2.33. The molecule has 0 aliphatic carbocycles. The first-order valence-corrected chi connectivity index (χ1v) is 12.8. The number of carboxylic acids is 1. The Kier molecular flexibility index (Phi) is 12.1. The molecule has 10 N–H and O–H groups in total. The minimum Gasteiger partial charge on any atom is -0.508 e. The minimum absolute atomic E-state index is 0.00151. The molecule has 5 unspecified atom stereocenters. The molecular formula is C26H37N7O7. The number of carbonyl (C=O) groups is 5. The molecule has 1 heterocycles. The van der Waals surface area contributed by atoms with Crippen molar-refractivity contribution in [2.75, 3.05) is 0 Å². The Hall–Kier alpha value is -4.46. The van der Waals surface area contributed by atoms with E-state index in [2.05, 4.69) is 25.9 Å². The van der Waals surface area contributed by atoms with Gasteiger partial charge in [0, 0.05) is 31.2 Å². The van der Waals surface area contributed by atoms with Gasteiger partial charge in [-0.25, -0.2) is 9.78 Å². The minimum atomic E-state index is -1.33. The Morgan fingerprint density at radius 2 is 1.62 bits per heavy atom. The Labute approximate surface area is 231 Å². The van der Waals surface area contributed by atoms with Crippen LogP contribution in [0, 0.1) is 5.92 Å². The molecule has 14 nitrogen and oxygen atoms in total. The van der Waals surface area contributed by atoms with Crippen molar-refractivity contribution in [3.05, 3.63) is 48.0 Å². The molecule has 4 amide bonds. The van der Waals surface area contributed by atoms with Crippen molar-refractivity contribution in [1.82, 2.24) is 25.9 Å². The number of carbonyl (C=O) groups excluding carboxylic acids is 4. The number of hydrogen-bond acceptors (Lipinski definition) is 8. The molecule has 0 bridgehead atoms. The van der Waals surface area contributed by atoms with Gasteiger partial charge in [-0.2, -0.15) is 0 Å². The number of phenolic OH excluding ortho intramolecular Hbond substituents is 1. The molecule has 1 aromatic carbocycles. The molecule has 2 aromatic rings. The molecular weight excluding hydrogens is 522 g/mol. The highest BCUT2D eigenvalue weighted by molar-refractivity contribution is 5.94. The fourth-order valence-corrected chi connectivity index (χ4v) is 3.82. The highest BCUT2D eigenvalue weighted by Crippen LogP contribution is 2.13. The summed E-state index contributed by atoms with van der Waals surface area (Å²) < 4.78 is 0. The number of nitrogens with two attached hydrogens (primary N) is 2. The summed E-state index contributed by atoms with van der Waals surface area (Å²) in [4.78, 5) is 69.0. The second-order valence-electron chi connectivity index (χ2n) is 9.60. The van der Waals surface area contributed by atoms with Crippen molar-refractivity contribution >= 4 is 29.6 Å². The van der Waals surface area contributed by atoms with E-state index in [4.69, 9.17) is 11.5 Å². The zero-order chi connectivity index (χ0) is 29.8. The maximum Gasteiger partial charge on any atom is 0.326 e. The van der Waals surface area contributed by atoms with Crippen LogP contribution in [0.5, 0.6) is 5.75 Å². The number of hydrogen-bond donors (Lipinski definition) is 8. The molecule has 1 aromatic heterocycles. The van der Waals surface area contributed by atoms with Gasteiger partial charge in [-0.15, -0.1) is 0 Å². The van der Waals surface area contributed by atoms with Crippen molar-refractivity contribution in [1.29, 1.82) is 0 Å². The van der Waals surface area contributed by atoms with Crippen LogP contribution in [0.3, 0.4) is 0 Å². The Bertz CT molecular complexity index is 1150. The SMILES string of the molecule is CCC(C)C(NC(=O)C(N)CCC(N)=O)C(=O)NC(Cc1cnc[nH]1)C(=O)NC(Cc1ccc(O)cc1)C(=O)O. The second kappa shape index (κ2) is 15.2. The Morgan fingerprint density at radius 3 is 2.17 bits per heavy atom. The van der Waals surface area contributed by atoms with E-state index in [9.17, 15) is 34.2 Å². The van der Waals surface area contributed by atoms with E-state index < -0.39 is 53.8 Å². The number of amides is 4. The van der Waals surface area contributed by atoms with E-state index in [1.54, 1.807) is 6.92 Å². The zero-order valence-corrected chi connectivity index (χ0v) is 22.4. The first-order chi connectivity index (χ1) is 18.9. The van der Waals surface area contributed by atoms with Gasteiger partial charge in [0.05, 0.1) is 12.4 Å². The molecule has 0 radical (unpaired) electrons. The Morgan fingerprint density at radius 1 is 0.975 bits per heavy atom. The monoisotopic (exact) mass is 559 g/mol. The van der Waals surface area contributed by atoms with Gasteiger partial charge in [-0.05, 0) is 30.0 Å².